The predicted molar refractivity (Wildman–Crippen MR) is 89.6 cm³/mol. The fraction of sp³-hybridized carbons (Fsp3) is 0.0667. The third-order valence-corrected chi connectivity index (χ3v) is 4.97. The van der Waals surface area contributed by atoms with E-state index in [0.29, 0.717) is 20.6 Å². The largest absolute Gasteiger partial charge is 0.224 e. The number of rotatable bonds is 4. The van der Waals surface area contributed by atoms with Crippen LogP contribution in [-0.4, -0.2) is 8.42 Å². The van der Waals surface area contributed by atoms with Crippen LogP contribution in [0.4, 0.5) is 0 Å². The van der Waals surface area contributed by atoms with Gasteiger partial charge >= 0.3 is 0 Å². The normalized spacial score (nSPS) is 12.0. The van der Waals surface area contributed by atoms with Crippen molar-refractivity contribution in [2.75, 3.05) is 0 Å². The molecule has 21 heavy (non-hydrogen) atoms. The molecule has 0 aromatic heterocycles. The predicted octanol–water partition coefficient (Wildman–Crippen LogP) is 5.23. The summed E-state index contributed by atoms with van der Waals surface area (Å²) in [5.74, 6) is -0.131. The van der Waals surface area contributed by atoms with Crippen LogP contribution >= 0.6 is 34.8 Å². The molecule has 0 amide bonds. The van der Waals surface area contributed by atoms with E-state index in [-0.39, 0.29) is 5.75 Å². The molecule has 0 radical (unpaired) electrons. The molecule has 0 heterocycles. The zero-order chi connectivity index (χ0) is 15.5. The van der Waals surface area contributed by atoms with E-state index in [4.69, 9.17) is 34.8 Å². The van der Waals surface area contributed by atoms with Gasteiger partial charge in [-0.25, -0.2) is 8.42 Å². The first-order chi connectivity index (χ1) is 9.85. The topological polar surface area (TPSA) is 34.1 Å². The first-order valence-corrected chi connectivity index (χ1v) is 8.81. The molecule has 2 nitrogen and oxygen atoms in total. The number of halogens is 3. The molecule has 2 rings (SSSR count). The van der Waals surface area contributed by atoms with E-state index in [1.165, 1.54) is 11.5 Å². The molecule has 0 atom stereocenters. The quantitative estimate of drug-likeness (QED) is 0.747. The third-order valence-electron chi connectivity index (χ3n) is 2.69. The minimum Gasteiger partial charge on any atom is -0.224 e. The lowest BCUT2D eigenvalue weighted by molar-refractivity contribution is 0.604. The highest BCUT2D eigenvalue weighted by Gasteiger charge is 2.09. The van der Waals surface area contributed by atoms with E-state index < -0.39 is 9.84 Å². The van der Waals surface area contributed by atoms with Crippen molar-refractivity contribution in [3.8, 4) is 0 Å². The Morgan fingerprint density at radius 1 is 0.905 bits per heavy atom. The van der Waals surface area contributed by atoms with Gasteiger partial charge in [-0.15, -0.1) is 0 Å². The van der Waals surface area contributed by atoms with Gasteiger partial charge in [-0.2, -0.15) is 0 Å². The highest BCUT2D eigenvalue weighted by Crippen LogP contribution is 2.24. The lowest BCUT2D eigenvalue weighted by atomic mass is 10.2. The van der Waals surface area contributed by atoms with Gasteiger partial charge in [0.05, 0.1) is 15.8 Å². The molecule has 0 aliphatic carbocycles. The summed E-state index contributed by atoms with van der Waals surface area (Å²) in [5.41, 5.74) is 1.35. The molecule has 110 valence electrons. The summed E-state index contributed by atoms with van der Waals surface area (Å²) in [5, 5.41) is 2.52. The van der Waals surface area contributed by atoms with Crippen LogP contribution in [0.5, 0.6) is 0 Å². The zero-order valence-electron chi connectivity index (χ0n) is 10.8. The van der Waals surface area contributed by atoms with E-state index in [1.54, 1.807) is 42.5 Å². The average Bonchev–Trinajstić information content (AvgIpc) is 2.42. The lowest BCUT2D eigenvalue weighted by Gasteiger charge is -2.02. The summed E-state index contributed by atoms with van der Waals surface area (Å²) in [6.45, 7) is 0. The average molecular weight is 362 g/mol. The smallest absolute Gasteiger partial charge is 0.175 e. The van der Waals surface area contributed by atoms with Gasteiger partial charge in [0.2, 0.25) is 0 Å². The molecule has 0 saturated carbocycles. The maximum Gasteiger partial charge on any atom is 0.175 e. The Morgan fingerprint density at radius 3 is 2.19 bits per heavy atom. The Hall–Kier alpha value is -1.000. The first kappa shape index (κ1) is 16.4. The second-order valence-electron chi connectivity index (χ2n) is 4.41. The highest BCUT2D eigenvalue weighted by atomic mass is 35.5. The molecule has 0 N–H and O–H groups in total. The third kappa shape index (κ3) is 5.04. The van der Waals surface area contributed by atoms with E-state index in [9.17, 15) is 8.42 Å². The van der Waals surface area contributed by atoms with Crippen molar-refractivity contribution in [1.82, 2.24) is 0 Å². The van der Waals surface area contributed by atoms with Crippen molar-refractivity contribution in [2.45, 2.75) is 5.75 Å². The van der Waals surface area contributed by atoms with Gasteiger partial charge in [0.1, 0.15) is 0 Å². The van der Waals surface area contributed by atoms with Gasteiger partial charge in [0.15, 0.2) is 9.84 Å². The highest BCUT2D eigenvalue weighted by molar-refractivity contribution is 7.93. The summed E-state index contributed by atoms with van der Waals surface area (Å²) in [6.07, 6.45) is 1.53. The van der Waals surface area contributed by atoms with Crippen molar-refractivity contribution in [3.63, 3.8) is 0 Å². The molecule has 2 aromatic rings. The summed E-state index contributed by atoms with van der Waals surface area (Å²) in [4.78, 5) is 0. The van der Waals surface area contributed by atoms with Gasteiger partial charge in [-0.3, -0.25) is 0 Å². The number of sulfone groups is 1. The maximum absolute atomic E-state index is 12.0. The molecule has 0 saturated heterocycles. The number of hydrogen-bond acceptors (Lipinski definition) is 2. The summed E-state index contributed by atoms with van der Waals surface area (Å²) < 4.78 is 24.1. The zero-order valence-corrected chi connectivity index (χ0v) is 13.8. The van der Waals surface area contributed by atoms with Crippen molar-refractivity contribution < 1.29 is 8.42 Å². The lowest BCUT2D eigenvalue weighted by Crippen LogP contribution is -1.99. The maximum atomic E-state index is 12.0. The van der Waals surface area contributed by atoms with E-state index in [0.717, 1.165) is 5.56 Å². The van der Waals surface area contributed by atoms with Crippen LogP contribution in [0.25, 0.3) is 6.08 Å². The Balaban J connectivity index is 2.14. The monoisotopic (exact) mass is 360 g/mol. The van der Waals surface area contributed by atoms with Gasteiger partial charge in [0, 0.05) is 10.4 Å². The van der Waals surface area contributed by atoms with Crippen molar-refractivity contribution >= 4 is 50.7 Å². The van der Waals surface area contributed by atoms with Gasteiger partial charge < -0.3 is 0 Å². The SMILES string of the molecule is O=S(=O)(/C=C/c1ccc(Cl)cc1)Cc1ccc(Cl)c(Cl)c1. The molecular formula is C15H11Cl3O2S. The Bertz CT molecular complexity index is 766. The number of benzene rings is 2. The molecule has 0 aliphatic rings. The summed E-state index contributed by atoms with van der Waals surface area (Å²) in [6, 6.07) is 11.7. The van der Waals surface area contributed by atoms with Gasteiger partial charge in [-0.05, 0) is 41.5 Å². The second kappa shape index (κ2) is 6.84. The van der Waals surface area contributed by atoms with Gasteiger partial charge in [-0.1, -0.05) is 53.0 Å². The summed E-state index contributed by atoms with van der Waals surface area (Å²) >= 11 is 17.4. The molecule has 0 unspecified atom stereocenters. The van der Waals surface area contributed by atoms with Crippen LogP contribution in [0.3, 0.4) is 0 Å². The molecule has 2 aromatic carbocycles. The fourth-order valence-electron chi connectivity index (χ4n) is 1.67. The molecule has 0 spiro atoms. The fourth-order valence-corrected chi connectivity index (χ4v) is 3.22. The Kier molecular flexibility index (Phi) is 5.33. The van der Waals surface area contributed by atoms with Crippen molar-refractivity contribution in [3.05, 3.63) is 74.1 Å². The van der Waals surface area contributed by atoms with Crippen molar-refractivity contribution in [1.29, 1.82) is 0 Å². The van der Waals surface area contributed by atoms with Crippen LogP contribution < -0.4 is 0 Å². The molecule has 0 aliphatic heterocycles. The second-order valence-corrected chi connectivity index (χ2v) is 7.55. The minimum atomic E-state index is -3.39. The molecule has 6 heteroatoms. The summed E-state index contributed by atoms with van der Waals surface area (Å²) in [7, 11) is -3.39. The standard InChI is InChI=1S/C15H11Cl3O2S/c16-13-4-1-11(2-5-13)7-8-21(19,20)10-12-3-6-14(17)15(18)9-12/h1-9H,10H2/b8-7+. The molecule has 0 fully saturated rings. The first-order valence-electron chi connectivity index (χ1n) is 5.96. The minimum absolute atomic E-state index is 0.131. The van der Waals surface area contributed by atoms with Crippen LogP contribution in [0.15, 0.2) is 47.9 Å². The van der Waals surface area contributed by atoms with Crippen LogP contribution in [0.1, 0.15) is 11.1 Å². The van der Waals surface area contributed by atoms with E-state index in [1.807, 2.05) is 0 Å². The molecule has 0 bridgehead atoms. The van der Waals surface area contributed by atoms with Crippen molar-refractivity contribution in [2.24, 2.45) is 0 Å². The Labute approximate surface area is 138 Å². The van der Waals surface area contributed by atoms with Crippen LogP contribution in [0.2, 0.25) is 15.1 Å². The number of hydrogen-bond donors (Lipinski definition) is 0. The molecular weight excluding hydrogens is 351 g/mol. The van der Waals surface area contributed by atoms with E-state index in [2.05, 4.69) is 0 Å². The van der Waals surface area contributed by atoms with Crippen LogP contribution in [-0.2, 0) is 15.6 Å². The Morgan fingerprint density at radius 2 is 1.57 bits per heavy atom. The van der Waals surface area contributed by atoms with Crippen LogP contribution in [0, 0.1) is 0 Å². The van der Waals surface area contributed by atoms with Gasteiger partial charge in [0.25, 0.3) is 0 Å². The van der Waals surface area contributed by atoms with E-state index >= 15 is 0 Å².